The van der Waals surface area contributed by atoms with Gasteiger partial charge in [-0.3, -0.25) is 0 Å². The minimum atomic E-state index is -1.51. The summed E-state index contributed by atoms with van der Waals surface area (Å²) in [7, 11) is 0. The molecule has 0 unspecified atom stereocenters. The van der Waals surface area contributed by atoms with Crippen molar-refractivity contribution in [2.75, 3.05) is 13.2 Å². The largest absolute Gasteiger partial charge is 0.394 e. The van der Waals surface area contributed by atoms with Gasteiger partial charge in [0, 0.05) is 18.3 Å². The van der Waals surface area contributed by atoms with Crippen molar-refractivity contribution >= 4 is 0 Å². The molecular formula is C33H54O10. The van der Waals surface area contributed by atoms with Crippen LogP contribution in [0.2, 0.25) is 0 Å². The number of fused-ring (bicyclic) bond motifs is 7. The van der Waals surface area contributed by atoms with Crippen LogP contribution in [0.4, 0.5) is 0 Å². The second-order valence-electron chi connectivity index (χ2n) is 16.2. The number of aliphatic hydroxyl groups is 6. The highest BCUT2D eigenvalue weighted by Crippen LogP contribution is 2.71. The molecule has 3 saturated heterocycles. The van der Waals surface area contributed by atoms with E-state index in [0.29, 0.717) is 43.1 Å². The van der Waals surface area contributed by atoms with Crippen LogP contribution in [0.3, 0.4) is 0 Å². The first-order valence-electron chi connectivity index (χ1n) is 17.0. The Kier molecular flexibility index (Phi) is 7.86. The summed E-state index contributed by atoms with van der Waals surface area (Å²) in [6, 6.07) is 0. The van der Waals surface area contributed by atoms with Gasteiger partial charge in [-0.15, -0.1) is 0 Å². The maximum absolute atomic E-state index is 12.0. The molecule has 1 spiro atoms. The molecule has 0 aromatic carbocycles. The fourth-order valence-electron chi connectivity index (χ4n) is 11.8. The van der Waals surface area contributed by atoms with Gasteiger partial charge in [0.2, 0.25) is 0 Å². The maximum atomic E-state index is 12.0. The molecule has 0 bridgehead atoms. The predicted molar refractivity (Wildman–Crippen MR) is 153 cm³/mol. The molecule has 19 atom stereocenters. The molecule has 43 heavy (non-hydrogen) atoms. The minimum absolute atomic E-state index is 0.0220. The van der Waals surface area contributed by atoms with Gasteiger partial charge in [-0.2, -0.15) is 0 Å². The Bertz CT molecular complexity index is 1030. The minimum Gasteiger partial charge on any atom is -0.394 e. The Morgan fingerprint density at radius 2 is 1.60 bits per heavy atom. The van der Waals surface area contributed by atoms with E-state index in [4.69, 9.17) is 18.9 Å². The van der Waals surface area contributed by atoms with Crippen LogP contribution in [0.1, 0.15) is 79.1 Å². The molecule has 10 heteroatoms. The Morgan fingerprint density at radius 3 is 2.30 bits per heavy atom. The van der Waals surface area contributed by atoms with Crippen LogP contribution in [0.15, 0.2) is 0 Å². The lowest BCUT2D eigenvalue weighted by atomic mass is 9.44. The Labute approximate surface area is 255 Å². The fourth-order valence-corrected chi connectivity index (χ4v) is 11.8. The van der Waals surface area contributed by atoms with Crippen LogP contribution in [0, 0.1) is 52.3 Å². The smallest absolute Gasteiger partial charge is 0.187 e. The molecule has 10 nitrogen and oxygen atoms in total. The van der Waals surface area contributed by atoms with Gasteiger partial charge < -0.3 is 49.6 Å². The van der Waals surface area contributed by atoms with Gasteiger partial charge in [0.15, 0.2) is 12.1 Å². The van der Waals surface area contributed by atoms with E-state index in [-0.39, 0.29) is 34.7 Å². The lowest BCUT2D eigenvalue weighted by Crippen LogP contribution is -2.62. The first kappa shape index (κ1) is 31.2. The quantitative estimate of drug-likeness (QED) is 0.259. The summed E-state index contributed by atoms with van der Waals surface area (Å²) >= 11 is 0. The summed E-state index contributed by atoms with van der Waals surface area (Å²) in [5.74, 6) is 1.64. The molecule has 7 rings (SSSR count). The first-order chi connectivity index (χ1) is 20.3. The molecule has 0 aromatic rings. The van der Waals surface area contributed by atoms with E-state index >= 15 is 0 Å². The van der Waals surface area contributed by atoms with Gasteiger partial charge in [0.05, 0.1) is 37.6 Å². The number of hydrogen-bond acceptors (Lipinski definition) is 10. The first-order valence-corrected chi connectivity index (χ1v) is 17.0. The molecule has 4 saturated carbocycles. The summed E-state index contributed by atoms with van der Waals surface area (Å²) in [5, 5.41) is 63.9. The van der Waals surface area contributed by atoms with E-state index in [9.17, 15) is 30.6 Å². The molecule has 0 amide bonds. The zero-order chi connectivity index (χ0) is 30.6. The zero-order valence-corrected chi connectivity index (χ0v) is 26.1. The number of aliphatic hydroxyl groups excluding tert-OH is 6. The average molecular weight is 611 g/mol. The lowest BCUT2D eigenvalue weighted by Gasteiger charge is -2.62. The average Bonchev–Trinajstić information content (AvgIpc) is 3.38. The Morgan fingerprint density at radius 1 is 0.837 bits per heavy atom. The van der Waals surface area contributed by atoms with E-state index in [1.54, 1.807) is 0 Å². The Hall–Kier alpha value is -0.400. The third kappa shape index (κ3) is 4.49. The molecule has 0 radical (unpaired) electrons. The van der Waals surface area contributed by atoms with Crippen molar-refractivity contribution in [3.8, 4) is 0 Å². The molecule has 246 valence electrons. The van der Waals surface area contributed by atoms with Crippen molar-refractivity contribution in [3.63, 3.8) is 0 Å². The van der Waals surface area contributed by atoms with Crippen LogP contribution in [0.25, 0.3) is 0 Å². The fraction of sp³-hybridized carbons (Fsp3) is 1.00. The molecule has 0 aromatic heterocycles. The standard InChI is InChI=1S/C33H54O10/c1-15-7-10-33(40-14-15)16(2)23-29(43-33)26(37)24-18-6-5-17-11-21(41-30-28(39)27(38)25(36)22(13-34)42-30)20(35)12-32(17,4)19(18)8-9-31(23,24)3/h15-30,34-39H,5-14H2,1-4H3/t15-,16+,17+,18-,19+,20-,21-,22+,23+,24-,25-,26+,27-,28-,29-,30-,31-,32+,33-/m1/s1. The Balaban J connectivity index is 1.07. The van der Waals surface area contributed by atoms with E-state index in [1.165, 1.54) is 0 Å². The van der Waals surface area contributed by atoms with Crippen LogP contribution >= 0.6 is 0 Å². The molecule has 7 fully saturated rings. The van der Waals surface area contributed by atoms with Crippen molar-refractivity contribution in [1.82, 2.24) is 0 Å². The highest BCUT2D eigenvalue weighted by Gasteiger charge is 2.72. The maximum Gasteiger partial charge on any atom is 0.187 e. The third-order valence-corrected chi connectivity index (χ3v) is 14.1. The summed E-state index contributed by atoms with van der Waals surface area (Å²) in [4.78, 5) is 0. The highest BCUT2D eigenvalue weighted by molar-refractivity contribution is 5.18. The second kappa shape index (κ2) is 10.8. The molecule has 3 aliphatic heterocycles. The topological polar surface area (TPSA) is 158 Å². The van der Waals surface area contributed by atoms with Gasteiger partial charge in [-0.1, -0.05) is 27.7 Å². The van der Waals surface area contributed by atoms with Crippen LogP contribution < -0.4 is 0 Å². The predicted octanol–water partition coefficient (Wildman–Crippen LogP) is 1.56. The van der Waals surface area contributed by atoms with Crippen LogP contribution in [0.5, 0.6) is 0 Å². The SMILES string of the molecule is C[C@@H]1CC[C@@]2(OC1)O[C@H]1[C@@H](O)[C@H]3[C@@H]4CC[C@H]5C[C@@H](O[C@@H]6O[C@@H](CO)[C@@H](O)[C@@H](O)[C@H]6O)[C@H](O)C[C@]5(C)[C@H]4CC[C@]3(C)[C@H]1[C@@H]2C. The van der Waals surface area contributed by atoms with E-state index < -0.39 is 61.4 Å². The van der Waals surface area contributed by atoms with Crippen LogP contribution in [-0.2, 0) is 18.9 Å². The molecule has 4 aliphatic carbocycles. The van der Waals surface area contributed by atoms with Gasteiger partial charge in [0.25, 0.3) is 0 Å². The van der Waals surface area contributed by atoms with E-state index in [2.05, 4.69) is 27.7 Å². The van der Waals surface area contributed by atoms with Crippen molar-refractivity contribution in [2.45, 2.75) is 140 Å². The normalized spacial score (nSPS) is 61.5. The van der Waals surface area contributed by atoms with Crippen molar-refractivity contribution in [1.29, 1.82) is 0 Å². The molecular weight excluding hydrogens is 556 g/mol. The van der Waals surface area contributed by atoms with E-state index in [0.717, 1.165) is 38.5 Å². The van der Waals surface area contributed by atoms with E-state index in [1.807, 2.05) is 0 Å². The highest BCUT2D eigenvalue weighted by atomic mass is 16.7. The zero-order valence-electron chi connectivity index (χ0n) is 26.1. The van der Waals surface area contributed by atoms with Crippen LogP contribution in [-0.4, -0.2) is 105 Å². The number of hydrogen-bond donors (Lipinski definition) is 6. The summed E-state index contributed by atoms with van der Waals surface area (Å²) in [6.07, 6.45) is -1.65. The molecule has 7 aliphatic rings. The summed E-state index contributed by atoms with van der Waals surface area (Å²) in [5.41, 5.74) is -0.140. The molecule has 6 N–H and O–H groups in total. The lowest BCUT2D eigenvalue weighted by molar-refractivity contribution is -0.324. The van der Waals surface area contributed by atoms with Gasteiger partial charge in [0.1, 0.15) is 24.4 Å². The number of rotatable bonds is 3. The van der Waals surface area contributed by atoms with Gasteiger partial charge in [-0.25, -0.2) is 0 Å². The summed E-state index contributed by atoms with van der Waals surface area (Å²) < 4.78 is 24.9. The van der Waals surface area contributed by atoms with Crippen molar-refractivity contribution in [3.05, 3.63) is 0 Å². The van der Waals surface area contributed by atoms with Gasteiger partial charge >= 0.3 is 0 Å². The summed E-state index contributed by atoms with van der Waals surface area (Å²) in [6.45, 7) is 9.43. The third-order valence-electron chi connectivity index (χ3n) is 14.1. The monoisotopic (exact) mass is 610 g/mol. The molecule has 3 heterocycles. The van der Waals surface area contributed by atoms with Gasteiger partial charge in [-0.05, 0) is 85.4 Å². The van der Waals surface area contributed by atoms with Crippen molar-refractivity contribution in [2.24, 2.45) is 52.3 Å². The second-order valence-corrected chi connectivity index (χ2v) is 16.2. The number of ether oxygens (including phenoxy) is 4. The van der Waals surface area contributed by atoms with Crippen molar-refractivity contribution < 1.29 is 49.6 Å².